The maximum absolute atomic E-state index is 7.50. The molecule has 0 saturated carbocycles. The lowest BCUT2D eigenvalue weighted by molar-refractivity contribution is 1.09. The van der Waals surface area contributed by atoms with E-state index >= 15 is 0 Å². The second-order valence-corrected chi connectivity index (χ2v) is 2.80. The molecule has 3 nitrogen and oxygen atoms in total. The molecular weight excluding hydrogens is 174 g/mol. The molecule has 1 rings (SSSR count). The van der Waals surface area contributed by atoms with Gasteiger partial charge in [-0.25, -0.2) is 0 Å². The van der Waals surface area contributed by atoms with Crippen LogP contribution < -0.4 is 11.1 Å². The van der Waals surface area contributed by atoms with Crippen molar-refractivity contribution in [3.8, 4) is 0 Å². The normalized spacial score (nSPS) is 20.5. The van der Waals surface area contributed by atoms with E-state index in [1.165, 1.54) is 6.08 Å². The van der Waals surface area contributed by atoms with Crippen molar-refractivity contribution in [3.63, 3.8) is 0 Å². The molecule has 0 spiro atoms. The smallest absolute Gasteiger partial charge is 0.0657 e. The second-order valence-electron chi connectivity index (χ2n) is 2.39. The summed E-state index contributed by atoms with van der Waals surface area (Å²) in [6.45, 7) is 0. The van der Waals surface area contributed by atoms with Gasteiger partial charge in [0.15, 0.2) is 0 Å². The first-order chi connectivity index (χ1) is 5.65. The molecule has 0 aromatic carbocycles. The van der Waals surface area contributed by atoms with Crippen LogP contribution in [0.4, 0.5) is 0 Å². The summed E-state index contributed by atoms with van der Waals surface area (Å²) in [6.07, 6.45) is 4.90. The van der Waals surface area contributed by atoms with Gasteiger partial charge in [-0.2, -0.15) is 0 Å². The second kappa shape index (κ2) is 3.45. The molecule has 0 aromatic heterocycles. The Labute approximate surface area is 76.1 Å². The van der Waals surface area contributed by atoms with Crippen LogP contribution in [-0.2, 0) is 0 Å². The first-order valence-electron chi connectivity index (χ1n) is 3.46. The van der Waals surface area contributed by atoms with Crippen molar-refractivity contribution >= 4 is 17.3 Å². The van der Waals surface area contributed by atoms with Gasteiger partial charge in [0, 0.05) is 18.8 Å². The molecule has 0 heterocycles. The van der Waals surface area contributed by atoms with Gasteiger partial charge in [0.05, 0.1) is 16.4 Å². The molecule has 0 saturated heterocycles. The minimum Gasteiger partial charge on any atom is -0.398 e. The van der Waals surface area contributed by atoms with E-state index < -0.39 is 0 Å². The number of halogens is 1. The minimum atomic E-state index is 0.364. The van der Waals surface area contributed by atoms with E-state index in [2.05, 4.69) is 5.32 Å². The molecule has 4 heteroatoms. The summed E-state index contributed by atoms with van der Waals surface area (Å²) in [5.74, 6) is 0. The molecule has 0 aliphatic heterocycles. The van der Waals surface area contributed by atoms with E-state index in [0.717, 1.165) is 5.57 Å². The molecule has 0 aromatic rings. The zero-order valence-electron chi connectivity index (χ0n) is 6.69. The van der Waals surface area contributed by atoms with Crippen molar-refractivity contribution in [1.82, 2.24) is 5.32 Å². The lowest BCUT2D eigenvalue weighted by atomic mass is 10.1. The standard InChI is InChI=1S/C8H10ClN3/c1-12-4-5-2-8(11)6(9)3-7(5)10/h2-4,10,12H,11H2,1H3/b5-4-,10-7?. The largest absolute Gasteiger partial charge is 0.398 e. The van der Waals surface area contributed by atoms with Crippen molar-refractivity contribution < 1.29 is 0 Å². The van der Waals surface area contributed by atoms with E-state index in [1.807, 2.05) is 0 Å². The maximum atomic E-state index is 7.50. The summed E-state index contributed by atoms with van der Waals surface area (Å²) >= 11 is 5.71. The van der Waals surface area contributed by atoms with E-state index in [4.69, 9.17) is 22.7 Å². The van der Waals surface area contributed by atoms with Gasteiger partial charge in [-0.05, 0) is 12.2 Å². The van der Waals surface area contributed by atoms with E-state index in [1.54, 1.807) is 19.3 Å². The SMILES string of the molecule is CN/C=C1/C=C(N)C(Cl)=CC1=N. The van der Waals surface area contributed by atoms with Crippen molar-refractivity contribution in [2.24, 2.45) is 5.73 Å². The third-order valence-electron chi connectivity index (χ3n) is 1.47. The Morgan fingerprint density at radius 1 is 1.58 bits per heavy atom. The average molecular weight is 184 g/mol. The first-order valence-corrected chi connectivity index (χ1v) is 3.84. The Bertz CT molecular complexity index is 299. The third-order valence-corrected chi connectivity index (χ3v) is 1.80. The molecule has 1 aliphatic carbocycles. The molecular formula is C8H10ClN3. The summed E-state index contributed by atoms with van der Waals surface area (Å²) in [7, 11) is 1.77. The number of nitrogens with two attached hydrogens (primary N) is 1. The third kappa shape index (κ3) is 1.68. The lowest BCUT2D eigenvalue weighted by Gasteiger charge is -2.09. The Morgan fingerprint density at radius 3 is 2.83 bits per heavy atom. The maximum Gasteiger partial charge on any atom is 0.0657 e. The van der Waals surface area contributed by atoms with Gasteiger partial charge in [0.25, 0.3) is 0 Å². The molecule has 4 N–H and O–H groups in total. The topological polar surface area (TPSA) is 61.9 Å². The van der Waals surface area contributed by atoms with Crippen LogP contribution in [0.15, 0.2) is 34.7 Å². The number of hydrogen-bond donors (Lipinski definition) is 3. The molecule has 0 fully saturated rings. The molecule has 0 bridgehead atoms. The van der Waals surface area contributed by atoms with Gasteiger partial charge in [0.1, 0.15) is 0 Å². The van der Waals surface area contributed by atoms with Crippen molar-refractivity contribution in [2.75, 3.05) is 7.05 Å². The summed E-state index contributed by atoms with van der Waals surface area (Å²) in [5.41, 5.74) is 7.15. The Kier molecular flexibility index (Phi) is 2.55. The molecule has 0 radical (unpaired) electrons. The zero-order valence-corrected chi connectivity index (χ0v) is 7.44. The Balaban J connectivity index is 3.00. The van der Waals surface area contributed by atoms with Crippen LogP contribution in [0.25, 0.3) is 0 Å². The number of nitrogens with one attached hydrogen (secondary N) is 2. The number of hydrogen-bond acceptors (Lipinski definition) is 3. The van der Waals surface area contributed by atoms with Crippen LogP contribution in [-0.4, -0.2) is 12.8 Å². The Hall–Kier alpha value is -1.22. The fourth-order valence-electron chi connectivity index (χ4n) is 0.883. The molecule has 1 aliphatic rings. The molecule has 0 atom stereocenters. The first kappa shape index (κ1) is 8.87. The monoisotopic (exact) mass is 183 g/mol. The van der Waals surface area contributed by atoms with E-state index in [0.29, 0.717) is 16.4 Å². The summed E-state index contributed by atoms with van der Waals surface area (Å²) in [6, 6.07) is 0. The molecule has 0 amide bonds. The molecule has 12 heavy (non-hydrogen) atoms. The van der Waals surface area contributed by atoms with Crippen molar-refractivity contribution in [3.05, 3.63) is 34.7 Å². The highest BCUT2D eigenvalue weighted by Gasteiger charge is 2.09. The summed E-state index contributed by atoms with van der Waals surface area (Å²) < 4.78 is 0. The van der Waals surface area contributed by atoms with E-state index in [-0.39, 0.29) is 0 Å². The minimum absolute atomic E-state index is 0.364. The molecule has 64 valence electrons. The van der Waals surface area contributed by atoms with Gasteiger partial charge >= 0.3 is 0 Å². The predicted molar refractivity (Wildman–Crippen MR) is 51.1 cm³/mol. The van der Waals surface area contributed by atoms with Gasteiger partial charge in [-0.15, -0.1) is 0 Å². The van der Waals surface area contributed by atoms with Crippen LogP contribution in [0, 0.1) is 5.41 Å². The fraction of sp³-hybridized carbons (Fsp3) is 0.125. The summed E-state index contributed by atoms with van der Waals surface area (Å²) in [4.78, 5) is 0. The van der Waals surface area contributed by atoms with Gasteiger partial charge in [-0.3, -0.25) is 0 Å². The van der Waals surface area contributed by atoms with Crippen LogP contribution in [0.2, 0.25) is 0 Å². The number of rotatable bonds is 1. The van der Waals surface area contributed by atoms with Crippen LogP contribution in [0.1, 0.15) is 0 Å². The quantitative estimate of drug-likeness (QED) is 0.570. The summed E-state index contributed by atoms with van der Waals surface area (Å²) in [5, 5.41) is 10.8. The van der Waals surface area contributed by atoms with Crippen LogP contribution >= 0.6 is 11.6 Å². The van der Waals surface area contributed by atoms with E-state index in [9.17, 15) is 0 Å². The lowest BCUT2D eigenvalue weighted by Crippen LogP contribution is -2.11. The average Bonchev–Trinajstić information content (AvgIpc) is 2.01. The van der Waals surface area contributed by atoms with Crippen molar-refractivity contribution in [2.45, 2.75) is 0 Å². The number of allylic oxidation sites excluding steroid dienone is 4. The van der Waals surface area contributed by atoms with Crippen molar-refractivity contribution in [1.29, 1.82) is 5.41 Å². The van der Waals surface area contributed by atoms with Gasteiger partial charge in [-0.1, -0.05) is 11.6 Å². The fourth-order valence-corrected chi connectivity index (χ4v) is 1.05. The van der Waals surface area contributed by atoms with Gasteiger partial charge < -0.3 is 16.5 Å². The predicted octanol–water partition coefficient (Wildman–Crippen LogP) is 1.09. The highest BCUT2D eigenvalue weighted by Crippen LogP contribution is 2.18. The highest BCUT2D eigenvalue weighted by atomic mass is 35.5. The molecule has 0 unspecified atom stereocenters. The van der Waals surface area contributed by atoms with Gasteiger partial charge in [0.2, 0.25) is 0 Å². The highest BCUT2D eigenvalue weighted by molar-refractivity contribution is 6.35. The Morgan fingerprint density at radius 2 is 2.25 bits per heavy atom. The van der Waals surface area contributed by atoms with Crippen LogP contribution in [0.5, 0.6) is 0 Å². The van der Waals surface area contributed by atoms with Crippen LogP contribution in [0.3, 0.4) is 0 Å². The zero-order chi connectivity index (χ0) is 9.14.